The van der Waals surface area contributed by atoms with Gasteiger partial charge < -0.3 is 14.8 Å². The molecule has 0 bridgehead atoms. The van der Waals surface area contributed by atoms with Gasteiger partial charge in [-0.3, -0.25) is 0 Å². The third-order valence-electron chi connectivity index (χ3n) is 2.80. The Morgan fingerprint density at radius 1 is 1.20 bits per heavy atom. The van der Waals surface area contributed by atoms with Gasteiger partial charge in [0.05, 0.1) is 13.2 Å². The summed E-state index contributed by atoms with van der Waals surface area (Å²) in [5.41, 5.74) is 0.343. The van der Waals surface area contributed by atoms with Gasteiger partial charge in [0.1, 0.15) is 0 Å². The lowest BCUT2D eigenvalue weighted by atomic mass is 9.90. The van der Waals surface area contributed by atoms with Gasteiger partial charge in [-0.05, 0) is 24.7 Å². The number of ether oxygens (including phenoxy) is 2. The molecular weight excluding hydrogens is 190 g/mol. The average molecular weight is 215 g/mol. The first-order valence-corrected chi connectivity index (χ1v) is 5.94. The molecule has 0 aromatic rings. The lowest BCUT2D eigenvalue weighted by molar-refractivity contribution is 0.0558. The van der Waals surface area contributed by atoms with Gasteiger partial charge >= 0.3 is 0 Å². The third kappa shape index (κ3) is 6.88. The molecule has 1 rings (SSSR count). The molecule has 90 valence electrons. The van der Waals surface area contributed by atoms with E-state index in [4.69, 9.17) is 9.47 Å². The fourth-order valence-electron chi connectivity index (χ4n) is 1.39. The van der Waals surface area contributed by atoms with Crippen molar-refractivity contribution in [3.8, 4) is 0 Å². The fourth-order valence-corrected chi connectivity index (χ4v) is 1.39. The number of hydrogen-bond acceptors (Lipinski definition) is 3. The monoisotopic (exact) mass is 215 g/mol. The highest BCUT2D eigenvalue weighted by molar-refractivity contribution is 4.83. The summed E-state index contributed by atoms with van der Waals surface area (Å²) in [7, 11) is 1.70. The van der Waals surface area contributed by atoms with Crippen molar-refractivity contribution in [2.75, 3.05) is 33.5 Å². The highest BCUT2D eigenvalue weighted by Gasteiger charge is 2.24. The van der Waals surface area contributed by atoms with Gasteiger partial charge in [-0.1, -0.05) is 13.8 Å². The maximum Gasteiger partial charge on any atom is 0.0700 e. The van der Waals surface area contributed by atoms with Crippen molar-refractivity contribution in [2.45, 2.75) is 39.2 Å². The second-order valence-corrected chi connectivity index (χ2v) is 5.17. The Kier molecular flexibility index (Phi) is 5.58. The summed E-state index contributed by atoms with van der Waals surface area (Å²) < 4.78 is 10.4. The molecular formula is C12H25NO2. The minimum absolute atomic E-state index is 0.343. The van der Waals surface area contributed by atoms with Crippen molar-refractivity contribution >= 4 is 0 Å². The lowest BCUT2D eigenvalue weighted by Crippen LogP contribution is -2.31. The van der Waals surface area contributed by atoms with E-state index in [1.165, 1.54) is 12.8 Å². The fraction of sp³-hybridized carbons (Fsp3) is 1.00. The van der Waals surface area contributed by atoms with Crippen molar-refractivity contribution in [1.82, 2.24) is 5.32 Å². The van der Waals surface area contributed by atoms with Crippen LogP contribution < -0.4 is 5.32 Å². The Morgan fingerprint density at radius 3 is 2.53 bits per heavy atom. The van der Waals surface area contributed by atoms with Crippen molar-refractivity contribution in [3.63, 3.8) is 0 Å². The molecule has 0 aromatic heterocycles. The molecule has 0 aromatic carbocycles. The van der Waals surface area contributed by atoms with E-state index < -0.39 is 0 Å². The van der Waals surface area contributed by atoms with Gasteiger partial charge in [-0.25, -0.2) is 0 Å². The minimum atomic E-state index is 0.343. The number of nitrogens with one attached hydrogen (secondary N) is 1. The zero-order chi connectivity index (χ0) is 11.1. The van der Waals surface area contributed by atoms with Crippen LogP contribution in [0.5, 0.6) is 0 Å². The Bertz CT molecular complexity index is 167. The minimum Gasteiger partial charge on any atom is -0.382 e. The van der Waals surface area contributed by atoms with Crippen LogP contribution in [-0.2, 0) is 9.47 Å². The quantitative estimate of drug-likeness (QED) is 0.595. The van der Waals surface area contributed by atoms with Gasteiger partial charge in [0.15, 0.2) is 0 Å². The molecule has 1 N–H and O–H groups in total. The second-order valence-electron chi connectivity index (χ2n) is 5.17. The molecule has 0 unspecified atom stereocenters. The summed E-state index contributed by atoms with van der Waals surface area (Å²) in [5.74, 6) is 0. The van der Waals surface area contributed by atoms with Crippen LogP contribution in [0.15, 0.2) is 0 Å². The molecule has 0 heterocycles. The normalized spacial score (nSPS) is 17.0. The average Bonchev–Trinajstić information content (AvgIpc) is 2.98. The standard InChI is InChI=1S/C12H25NO2/c1-12(2,10-13-11-4-5-11)6-7-15-9-8-14-3/h11,13H,4-10H2,1-3H3. The van der Waals surface area contributed by atoms with Crippen LogP contribution in [0.3, 0.4) is 0 Å². The summed E-state index contributed by atoms with van der Waals surface area (Å²) in [5, 5.41) is 3.57. The number of rotatable bonds is 9. The van der Waals surface area contributed by atoms with Crippen LogP contribution in [0.1, 0.15) is 33.1 Å². The summed E-state index contributed by atoms with van der Waals surface area (Å²) >= 11 is 0. The number of methoxy groups -OCH3 is 1. The Morgan fingerprint density at radius 2 is 1.93 bits per heavy atom. The third-order valence-corrected chi connectivity index (χ3v) is 2.80. The Labute approximate surface area is 93.5 Å². The van der Waals surface area contributed by atoms with Crippen molar-refractivity contribution in [2.24, 2.45) is 5.41 Å². The Hall–Kier alpha value is -0.120. The second kappa shape index (κ2) is 6.46. The molecule has 1 aliphatic carbocycles. The highest BCUT2D eigenvalue weighted by Crippen LogP contribution is 2.23. The summed E-state index contributed by atoms with van der Waals surface area (Å²) in [6.45, 7) is 7.93. The molecule has 1 aliphatic rings. The topological polar surface area (TPSA) is 30.5 Å². The van der Waals surface area contributed by atoms with Gasteiger partial charge in [-0.2, -0.15) is 0 Å². The molecule has 0 saturated heterocycles. The van der Waals surface area contributed by atoms with Gasteiger partial charge in [0, 0.05) is 26.3 Å². The summed E-state index contributed by atoms with van der Waals surface area (Å²) in [4.78, 5) is 0. The van der Waals surface area contributed by atoms with E-state index in [0.717, 1.165) is 25.6 Å². The first-order valence-electron chi connectivity index (χ1n) is 5.94. The molecule has 15 heavy (non-hydrogen) atoms. The van der Waals surface area contributed by atoms with Crippen molar-refractivity contribution in [1.29, 1.82) is 0 Å². The first kappa shape index (κ1) is 12.9. The molecule has 3 nitrogen and oxygen atoms in total. The summed E-state index contributed by atoms with van der Waals surface area (Å²) in [6, 6.07) is 0.804. The zero-order valence-electron chi connectivity index (χ0n) is 10.3. The maximum atomic E-state index is 5.48. The molecule has 0 aliphatic heterocycles. The van der Waals surface area contributed by atoms with E-state index in [2.05, 4.69) is 19.2 Å². The van der Waals surface area contributed by atoms with Crippen LogP contribution in [0, 0.1) is 5.41 Å². The van der Waals surface area contributed by atoms with Gasteiger partial charge in [0.2, 0.25) is 0 Å². The van der Waals surface area contributed by atoms with Crippen LogP contribution in [-0.4, -0.2) is 39.5 Å². The largest absolute Gasteiger partial charge is 0.382 e. The number of hydrogen-bond donors (Lipinski definition) is 1. The molecule has 0 atom stereocenters. The predicted molar refractivity (Wildman–Crippen MR) is 62.1 cm³/mol. The molecule has 3 heteroatoms. The zero-order valence-corrected chi connectivity index (χ0v) is 10.3. The van der Waals surface area contributed by atoms with Crippen LogP contribution in [0.4, 0.5) is 0 Å². The summed E-state index contributed by atoms with van der Waals surface area (Å²) in [6.07, 6.45) is 3.83. The molecule has 1 fully saturated rings. The predicted octanol–water partition coefficient (Wildman–Crippen LogP) is 1.82. The molecule has 1 saturated carbocycles. The Balaban J connectivity index is 1.95. The van der Waals surface area contributed by atoms with Crippen molar-refractivity contribution in [3.05, 3.63) is 0 Å². The molecule has 0 spiro atoms. The van der Waals surface area contributed by atoms with E-state index in [1.807, 2.05) is 0 Å². The smallest absolute Gasteiger partial charge is 0.0700 e. The maximum absolute atomic E-state index is 5.48. The highest BCUT2D eigenvalue weighted by atomic mass is 16.5. The van der Waals surface area contributed by atoms with Gasteiger partial charge in [0.25, 0.3) is 0 Å². The van der Waals surface area contributed by atoms with Crippen LogP contribution in [0.2, 0.25) is 0 Å². The van der Waals surface area contributed by atoms with Crippen LogP contribution >= 0.6 is 0 Å². The van der Waals surface area contributed by atoms with Crippen LogP contribution in [0.25, 0.3) is 0 Å². The van der Waals surface area contributed by atoms with E-state index in [0.29, 0.717) is 18.6 Å². The molecule has 0 radical (unpaired) electrons. The van der Waals surface area contributed by atoms with Gasteiger partial charge in [-0.15, -0.1) is 0 Å². The van der Waals surface area contributed by atoms with Crippen molar-refractivity contribution < 1.29 is 9.47 Å². The molecule has 0 amide bonds. The van der Waals surface area contributed by atoms with E-state index in [1.54, 1.807) is 7.11 Å². The van der Waals surface area contributed by atoms with E-state index in [9.17, 15) is 0 Å². The lowest BCUT2D eigenvalue weighted by Gasteiger charge is -2.25. The first-order chi connectivity index (χ1) is 7.14. The van der Waals surface area contributed by atoms with E-state index >= 15 is 0 Å². The van der Waals surface area contributed by atoms with E-state index in [-0.39, 0.29) is 0 Å². The SMILES string of the molecule is COCCOCCC(C)(C)CNC1CC1.